The van der Waals surface area contributed by atoms with Gasteiger partial charge in [-0.25, -0.2) is 16.8 Å². The third-order valence-corrected chi connectivity index (χ3v) is 4.67. The molecule has 1 aliphatic heterocycles. The second-order valence-electron chi connectivity index (χ2n) is 4.75. The summed E-state index contributed by atoms with van der Waals surface area (Å²) in [5, 5.41) is 0. The van der Waals surface area contributed by atoms with Crippen LogP contribution >= 0.6 is 0 Å². The van der Waals surface area contributed by atoms with Crippen molar-refractivity contribution in [3.63, 3.8) is 0 Å². The number of hydrogen-bond acceptors (Lipinski definition) is 6. The summed E-state index contributed by atoms with van der Waals surface area (Å²) in [6, 6.07) is 0.306. The number of quaternary nitrogens is 1. The van der Waals surface area contributed by atoms with Crippen LogP contribution in [0, 0.1) is 0 Å². The van der Waals surface area contributed by atoms with Gasteiger partial charge in [0.25, 0.3) is 0 Å². The zero-order valence-corrected chi connectivity index (χ0v) is 12.0. The summed E-state index contributed by atoms with van der Waals surface area (Å²) in [4.78, 5) is 0. The molecule has 1 unspecified atom stereocenters. The summed E-state index contributed by atoms with van der Waals surface area (Å²) in [6.07, 6.45) is 0.825. The predicted octanol–water partition coefficient (Wildman–Crippen LogP) is -1.03. The lowest BCUT2D eigenvalue weighted by molar-refractivity contribution is -0.892. The van der Waals surface area contributed by atoms with Crippen molar-refractivity contribution in [1.82, 2.24) is 0 Å². The molecule has 17 heavy (non-hydrogen) atoms. The molecule has 0 radical (unpaired) electrons. The standard InChI is InChI=1S/C7H16NO2S.CH4O4S/c1-8(2,3)7-4-5-11(9,10)6-7;1-5-6(2,3)4/h7H,4-6H2,1-3H3;1H3,(H,2,3,4)/q+1;/p-1. The summed E-state index contributed by atoms with van der Waals surface area (Å²) in [7, 11) is -0.157. The van der Waals surface area contributed by atoms with E-state index < -0.39 is 20.2 Å². The molecule has 1 aliphatic rings. The van der Waals surface area contributed by atoms with Gasteiger partial charge in [-0.05, 0) is 0 Å². The van der Waals surface area contributed by atoms with Gasteiger partial charge in [0.15, 0.2) is 9.84 Å². The van der Waals surface area contributed by atoms with Gasteiger partial charge in [0, 0.05) is 6.42 Å². The molecular weight excluding hydrogens is 270 g/mol. The quantitative estimate of drug-likeness (QED) is 0.366. The van der Waals surface area contributed by atoms with Crippen LogP contribution in [0.25, 0.3) is 0 Å². The molecular formula is C8H19NO6S2. The van der Waals surface area contributed by atoms with Crippen LogP contribution in [0.2, 0.25) is 0 Å². The minimum Gasteiger partial charge on any atom is -0.726 e. The normalized spacial score (nSPS) is 23.9. The SMILES string of the molecule is COS(=O)(=O)[O-].C[N+](C)(C)C1CCS(=O)(=O)C1. The fourth-order valence-electron chi connectivity index (χ4n) is 1.39. The topological polar surface area (TPSA) is 101 Å². The fraction of sp³-hybridized carbons (Fsp3) is 1.00. The van der Waals surface area contributed by atoms with Crippen molar-refractivity contribution >= 4 is 20.2 Å². The van der Waals surface area contributed by atoms with Crippen molar-refractivity contribution < 1.29 is 30.1 Å². The smallest absolute Gasteiger partial charge is 0.217 e. The number of sulfone groups is 1. The van der Waals surface area contributed by atoms with Gasteiger partial charge in [0.05, 0.1) is 34.0 Å². The first kappa shape index (κ1) is 16.8. The maximum Gasteiger partial charge on any atom is 0.217 e. The molecule has 1 heterocycles. The van der Waals surface area contributed by atoms with E-state index in [4.69, 9.17) is 0 Å². The Labute approximate surface area is 103 Å². The molecule has 0 aromatic carbocycles. The molecule has 1 fully saturated rings. The Kier molecular flexibility index (Phi) is 5.54. The molecule has 0 N–H and O–H groups in total. The Morgan fingerprint density at radius 1 is 1.29 bits per heavy atom. The van der Waals surface area contributed by atoms with Gasteiger partial charge in [0.1, 0.15) is 11.8 Å². The molecule has 1 saturated heterocycles. The Hall–Kier alpha value is -0.220. The lowest BCUT2D eigenvalue weighted by Crippen LogP contribution is -2.45. The van der Waals surface area contributed by atoms with E-state index in [2.05, 4.69) is 4.18 Å². The minimum absolute atomic E-state index is 0.306. The van der Waals surface area contributed by atoms with E-state index in [-0.39, 0.29) is 0 Å². The second-order valence-corrected chi connectivity index (χ2v) is 8.13. The van der Waals surface area contributed by atoms with Crippen molar-refractivity contribution in [3.8, 4) is 0 Å². The van der Waals surface area contributed by atoms with E-state index in [0.717, 1.165) is 18.0 Å². The molecule has 7 nitrogen and oxygen atoms in total. The van der Waals surface area contributed by atoms with Gasteiger partial charge < -0.3 is 9.04 Å². The van der Waals surface area contributed by atoms with Gasteiger partial charge in [-0.1, -0.05) is 0 Å². The zero-order chi connectivity index (χ0) is 13.9. The summed E-state index contributed by atoms with van der Waals surface area (Å²) >= 11 is 0. The van der Waals surface area contributed by atoms with Gasteiger partial charge in [-0.2, -0.15) is 0 Å². The first-order valence-corrected chi connectivity index (χ1v) is 8.06. The molecule has 1 rings (SSSR count). The van der Waals surface area contributed by atoms with Gasteiger partial charge in [-0.3, -0.25) is 4.18 Å². The fourth-order valence-corrected chi connectivity index (χ4v) is 3.38. The molecule has 9 heteroatoms. The molecule has 0 amide bonds. The van der Waals surface area contributed by atoms with E-state index >= 15 is 0 Å². The van der Waals surface area contributed by atoms with Gasteiger partial charge in [-0.15, -0.1) is 0 Å². The van der Waals surface area contributed by atoms with Crippen molar-refractivity contribution in [3.05, 3.63) is 0 Å². The first-order valence-electron chi connectivity index (χ1n) is 4.90. The first-order chi connectivity index (χ1) is 7.37. The van der Waals surface area contributed by atoms with Crippen LogP contribution in [0.15, 0.2) is 0 Å². The average molecular weight is 289 g/mol. The Balaban J connectivity index is 0.000000366. The van der Waals surface area contributed by atoms with Crippen molar-refractivity contribution in [2.45, 2.75) is 12.5 Å². The Morgan fingerprint density at radius 3 is 1.82 bits per heavy atom. The molecule has 0 bridgehead atoms. The van der Waals surface area contributed by atoms with Crippen LogP contribution in [-0.4, -0.2) is 71.7 Å². The lowest BCUT2D eigenvalue weighted by Gasteiger charge is -2.30. The highest BCUT2D eigenvalue weighted by molar-refractivity contribution is 7.91. The van der Waals surface area contributed by atoms with Crippen LogP contribution in [0.3, 0.4) is 0 Å². The van der Waals surface area contributed by atoms with Crippen molar-refractivity contribution in [2.75, 3.05) is 39.8 Å². The monoisotopic (exact) mass is 289 g/mol. The van der Waals surface area contributed by atoms with Crippen LogP contribution in [0.5, 0.6) is 0 Å². The average Bonchev–Trinajstić information content (AvgIpc) is 2.45. The maximum atomic E-state index is 11.1. The highest BCUT2D eigenvalue weighted by Crippen LogP contribution is 2.19. The second kappa shape index (κ2) is 5.61. The molecule has 0 aliphatic carbocycles. The molecule has 0 aromatic heterocycles. The maximum absolute atomic E-state index is 11.1. The number of rotatable bonds is 2. The summed E-state index contributed by atoms with van der Waals surface area (Å²) in [5.41, 5.74) is 0. The Bertz CT molecular complexity index is 433. The third kappa shape index (κ3) is 7.66. The van der Waals surface area contributed by atoms with Gasteiger partial charge in [0.2, 0.25) is 10.4 Å². The van der Waals surface area contributed by atoms with Crippen LogP contribution in [0.4, 0.5) is 0 Å². The minimum atomic E-state index is -4.41. The number of hydrogen-bond donors (Lipinski definition) is 0. The highest BCUT2D eigenvalue weighted by Gasteiger charge is 2.36. The molecule has 104 valence electrons. The van der Waals surface area contributed by atoms with E-state index in [1.54, 1.807) is 0 Å². The Morgan fingerprint density at radius 2 is 1.71 bits per heavy atom. The highest BCUT2D eigenvalue weighted by atomic mass is 32.3. The molecule has 0 saturated carbocycles. The lowest BCUT2D eigenvalue weighted by atomic mass is 10.2. The largest absolute Gasteiger partial charge is 0.726 e. The van der Waals surface area contributed by atoms with Crippen molar-refractivity contribution in [2.24, 2.45) is 0 Å². The molecule has 0 aromatic rings. The third-order valence-electron chi connectivity index (χ3n) is 2.51. The summed E-state index contributed by atoms with van der Waals surface area (Å²) in [6.45, 7) is 0. The summed E-state index contributed by atoms with van der Waals surface area (Å²) < 4.78 is 53.9. The predicted molar refractivity (Wildman–Crippen MR) is 61.8 cm³/mol. The summed E-state index contributed by atoms with van der Waals surface area (Å²) in [5.74, 6) is 0.754. The van der Waals surface area contributed by atoms with E-state index in [0.29, 0.717) is 17.5 Å². The number of nitrogens with zero attached hydrogens (tertiary/aromatic N) is 1. The molecule has 0 spiro atoms. The van der Waals surface area contributed by atoms with E-state index in [1.807, 2.05) is 21.1 Å². The van der Waals surface area contributed by atoms with Crippen molar-refractivity contribution in [1.29, 1.82) is 0 Å². The van der Waals surface area contributed by atoms with Gasteiger partial charge >= 0.3 is 0 Å². The van der Waals surface area contributed by atoms with Crippen LogP contribution in [-0.2, 0) is 24.4 Å². The molecule has 1 atom stereocenters. The van der Waals surface area contributed by atoms with Crippen LogP contribution in [0.1, 0.15) is 6.42 Å². The van der Waals surface area contributed by atoms with E-state index in [9.17, 15) is 21.4 Å². The zero-order valence-electron chi connectivity index (χ0n) is 10.4. The van der Waals surface area contributed by atoms with Crippen LogP contribution < -0.4 is 0 Å². The van der Waals surface area contributed by atoms with E-state index in [1.165, 1.54) is 0 Å².